The van der Waals surface area contributed by atoms with E-state index in [4.69, 9.17) is 4.74 Å². The van der Waals surface area contributed by atoms with Crippen LogP contribution in [0.25, 0.3) is 0 Å². The van der Waals surface area contributed by atoms with E-state index in [1.807, 2.05) is 31.2 Å². The Kier molecular flexibility index (Phi) is 5.11. The van der Waals surface area contributed by atoms with Crippen molar-refractivity contribution in [3.05, 3.63) is 53.0 Å². The fourth-order valence-electron chi connectivity index (χ4n) is 2.29. The van der Waals surface area contributed by atoms with Crippen molar-refractivity contribution in [1.29, 1.82) is 0 Å². The van der Waals surface area contributed by atoms with Gasteiger partial charge >= 0.3 is 0 Å². The van der Waals surface area contributed by atoms with Gasteiger partial charge in [-0.3, -0.25) is 9.59 Å². The van der Waals surface area contributed by atoms with Crippen LogP contribution in [0.4, 0.5) is 16.2 Å². The van der Waals surface area contributed by atoms with Gasteiger partial charge in [-0.1, -0.05) is 15.9 Å². The van der Waals surface area contributed by atoms with Crippen molar-refractivity contribution >= 4 is 50.2 Å². The molecule has 1 heterocycles. The fraction of sp³-hybridized carbons (Fsp3) is 0.176. The molecule has 1 N–H and O–H groups in total. The summed E-state index contributed by atoms with van der Waals surface area (Å²) in [5.74, 6) is 0.488. The topological polar surface area (TPSA) is 58.6 Å². The molecule has 1 saturated heterocycles. The summed E-state index contributed by atoms with van der Waals surface area (Å²) in [6.45, 7) is 2.52. The van der Waals surface area contributed by atoms with Gasteiger partial charge in [0.15, 0.2) is 5.37 Å². The Bertz CT molecular complexity index is 749. The summed E-state index contributed by atoms with van der Waals surface area (Å²) in [4.78, 5) is 26.0. The van der Waals surface area contributed by atoms with Gasteiger partial charge in [0.05, 0.1) is 12.3 Å². The van der Waals surface area contributed by atoms with Crippen molar-refractivity contribution in [2.24, 2.45) is 0 Å². The van der Waals surface area contributed by atoms with Gasteiger partial charge in [0.25, 0.3) is 11.1 Å². The van der Waals surface area contributed by atoms with Crippen molar-refractivity contribution in [2.75, 3.05) is 16.8 Å². The Labute approximate surface area is 152 Å². The summed E-state index contributed by atoms with van der Waals surface area (Å²) >= 11 is 4.31. The molecule has 2 amide bonds. The molecule has 3 rings (SSSR count). The molecular formula is C17H15BrN2O3S. The van der Waals surface area contributed by atoms with E-state index in [-0.39, 0.29) is 11.1 Å². The summed E-state index contributed by atoms with van der Waals surface area (Å²) in [5, 5.41) is 2.16. The van der Waals surface area contributed by atoms with Crippen LogP contribution in [0.3, 0.4) is 0 Å². The molecule has 0 bridgehead atoms. The molecule has 124 valence electrons. The molecule has 0 aliphatic carbocycles. The number of carbonyl (C=O) groups excluding carboxylic acids is 2. The van der Waals surface area contributed by atoms with E-state index in [9.17, 15) is 9.59 Å². The van der Waals surface area contributed by atoms with E-state index >= 15 is 0 Å². The highest BCUT2D eigenvalue weighted by molar-refractivity contribution is 9.10. The third kappa shape index (κ3) is 3.57. The lowest BCUT2D eigenvalue weighted by Crippen LogP contribution is -2.34. The van der Waals surface area contributed by atoms with E-state index in [0.29, 0.717) is 12.3 Å². The molecule has 0 aromatic heterocycles. The average molecular weight is 407 g/mol. The summed E-state index contributed by atoms with van der Waals surface area (Å²) < 4.78 is 6.28. The van der Waals surface area contributed by atoms with Crippen LogP contribution in [0.5, 0.6) is 5.75 Å². The molecule has 0 radical (unpaired) electrons. The summed E-state index contributed by atoms with van der Waals surface area (Å²) in [5.41, 5.74) is 1.33. The van der Waals surface area contributed by atoms with Crippen LogP contribution >= 0.6 is 27.7 Å². The minimum absolute atomic E-state index is 0.277. The van der Waals surface area contributed by atoms with Crippen LogP contribution in [0, 0.1) is 0 Å². The second kappa shape index (κ2) is 7.27. The number of hydrogen-bond donors (Lipinski definition) is 1. The van der Waals surface area contributed by atoms with Gasteiger partial charge in [-0.25, -0.2) is 4.90 Å². The van der Waals surface area contributed by atoms with Crippen molar-refractivity contribution in [1.82, 2.24) is 0 Å². The minimum Gasteiger partial charge on any atom is -0.494 e. The first-order chi connectivity index (χ1) is 11.6. The number of benzene rings is 2. The maximum absolute atomic E-state index is 12.6. The number of ether oxygens (including phenoxy) is 1. The average Bonchev–Trinajstić information content (AvgIpc) is 2.85. The molecule has 7 heteroatoms. The number of halogens is 1. The first kappa shape index (κ1) is 16.9. The standard InChI is InChI=1S/C17H15BrN2O3S/c1-2-23-14-9-5-12(6-10-14)19-15-16(21)20(17(22)24-15)13-7-3-11(18)4-8-13/h3-10,15,19H,2H2,1H3/t15-/m0/s1. The number of imide groups is 1. The SMILES string of the molecule is CCOc1ccc(N[C@H]2SC(=O)N(c3ccc(Br)cc3)C2=O)cc1. The van der Waals surface area contributed by atoms with Crippen LogP contribution in [0.1, 0.15) is 6.92 Å². The molecule has 0 saturated carbocycles. The summed E-state index contributed by atoms with van der Waals surface area (Å²) in [6.07, 6.45) is 0. The smallest absolute Gasteiger partial charge is 0.295 e. The van der Waals surface area contributed by atoms with Crippen LogP contribution in [0.15, 0.2) is 53.0 Å². The number of nitrogens with one attached hydrogen (secondary N) is 1. The molecule has 1 atom stereocenters. The predicted molar refractivity (Wildman–Crippen MR) is 99.6 cm³/mol. The molecule has 5 nitrogen and oxygen atoms in total. The Hall–Kier alpha value is -1.99. The zero-order valence-corrected chi connectivity index (χ0v) is 15.3. The van der Waals surface area contributed by atoms with Crippen LogP contribution < -0.4 is 15.0 Å². The van der Waals surface area contributed by atoms with Crippen molar-refractivity contribution in [3.8, 4) is 5.75 Å². The zero-order chi connectivity index (χ0) is 17.1. The maximum Gasteiger partial charge on any atom is 0.295 e. The van der Waals surface area contributed by atoms with Crippen LogP contribution in [-0.4, -0.2) is 23.1 Å². The van der Waals surface area contributed by atoms with E-state index in [2.05, 4.69) is 21.2 Å². The molecular weight excluding hydrogens is 392 g/mol. The summed E-state index contributed by atoms with van der Waals surface area (Å²) in [7, 11) is 0. The number of hydrogen-bond acceptors (Lipinski definition) is 5. The molecule has 1 aliphatic heterocycles. The molecule has 0 unspecified atom stereocenters. The highest BCUT2D eigenvalue weighted by atomic mass is 79.9. The van der Waals surface area contributed by atoms with Crippen molar-refractivity contribution in [3.63, 3.8) is 0 Å². The van der Waals surface area contributed by atoms with Crippen LogP contribution in [0.2, 0.25) is 0 Å². The molecule has 0 spiro atoms. The Morgan fingerprint density at radius 2 is 1.79 bits per heavy atom. The first-order valence-corrected chi connectivity index (χ1v) is 9.05. The fourth-order valence-corrected chi connectivity index (χ4v) is 3.46. The van der Waals surface area contributed by atoms with Gasteiger partial charge in [0, 0.05) is 10.2 Å². The maximum atomic E-state index is 12.6. The lowest BCUT2D eigenvalue weighted by molar-refractivity contribution is -0.116. The summed E-state index contributed by atoms with van der Waals surface area (Å²) in [6, 6.07) is 14.4. The third-order valence-corrected chi connectivity index (χ3v) is 4.86. The van der Waals surface area contributed by atoms with Crippen molar-refractivity contribution < 1.29 is 14.3 Å². The predicted octanol–water partition coefficient (Wildman–Crippen LogP) is 4.49. The van der Waals surface area contributed by atoms with Crippen LogP contribution in [-0.2, 0) is 4.79 Å². The number of thioether (sulfide) groups is 1. The second-order valence-corrected chi connectivity index (χ2v) is 6.99. The molecule has 2 aromatic carbocycles. The number of anilines is 2. The van der Waals surface area contributed by atoms with E-state index in [1.54, 1.807) is 24.3 Å². The number of nitrogens with zero attached hydrogens (tertiary/aromatic N) is 1. The van der Waals surface area contributed by atoms with E-state index in [0.717, 1.165) is 27.7 Å². The highest BCUT2D eigenvalue weighted by Gasteiger charge is 2.40. The lowest BCUT2D eigenvalue weighted by atomic mass is 10.3. The van der Waals surface area contributed by atoms with E-state index < -0.39 is 5.37 Å². The Morgan fingerprint density at radius 1 is 1.12 bits per heavy atom. The second-order valence-electron chi connectivity index (χ2n) is 5.02. The van der Waals surface area contributed by atoms with Gasteiger partial charge in [-0.05, 0) is 67.2 Å². The number of carbonyl (C=O) groups is 2. The van der Waals surface area contributed by atoms with Gasteiger partial charge in [0.2, 0.25) is 0 Å². The van der Waals surface area contributed by atoms with Gasteiger partial charge in [-0.2, -0.15) is 0 Å². The number of amides is 2. The highest BCUT2D eigenvalue weighted by Crippen LogP contribution is 2.33. The van der Waals surface area contributed by atoms with Crippen molar-refractivity contribution in [2.45, 2.75) is 12.3 Å². The molecule has 2 aromatic rings. The Balaban J connectivity index is 1.72. The van der Waals surface area contributed by atoms with E-state index in [1.165, 1.54) is 4.90 Å². The largest absolute Gasteiger partial charge is 0.494 e. The zero-order valence-electron chi connectivity index (χ0n) is 12.9. The number of rotatable bonds is 5. The molecule has 1 fully saturated rings. The molecule has 24 heavy (non-hydrogen) atoms. The van der Waals surface area contributed by atoms with Gasteiger partial charge in [-0.15, -0.1) is 0 Å². The normalized spacial score (nSPS) is 17.2. The Morgan fingerprint density at radius 3 is 2.42 bits per heavy atom. The lowest BCUT2D eigenvalue weighted by Gasteiger charge is -2.15. The quantitative estimate of drug-likeness (QED) is 0.792. The van der Waals surface area contributed by atoms with Gasteiger partial charge in [0.1, 0.15) is 5.75 Å². The molecule has 1 aliphatic rings. The van der Waals surface area contributed by atoms with Gasteiger partial charge < -0.3 is 10.1 Å². The minimum atomic E-state index is -0.640. The monoisotopic (exact) mass is 406 g/mol. The first-order valence-electron chi connectivity index (χ1n) is 7.38. The third-order valence-electron chi connectivity index (χ3n) is 3.39.